The molecule has 4 nitrogen and oxygen atoms in total. The average Bonchev–Trinajstić information content (AvgIpc) is 3.23. The number of likely N-dealkylation sites (tertiary alicyclic amines) is 1. The third-order valence-electron chi connectivity index (χ3n) is 5.54. The lowest BCUT2D eigenvalue weighted by Crippen LogP contribution is -2.33. The van der Waals surface area contributed by atoms with Gasteiger partial charge in [0, 0.05) is 18.1 Å². The van der Waals surface area contributed by atoms with E-state index in [-0.39, 0.29) is 29.7 Å². The first-order valence-corrected chi connectivity index (χ1v) is 8.77. The molecule has 2 aliphatic rings. The zero-order chi connectivity index (χ0) is 16.7. The number of imide groups is 1. The van der Waals surface area contributed by atoms with Crippen LogP contribution in [0.1, 0.15) is 44.2 Å². The van der Waals surface area contributed by atoms with Crippen molar-refractivity contribution in [2.24, 2.45) is 11.8 Å². The molecule has 2 amide bonds. The van der Waals surface area contributed by atoms with E-state index in [1.807, 2.05) is 60.3 Å². The number of fused-ring (bicyclic) bond motifs is 1. The number of carbonyl (C=O) groups is 2. The Bertz CT molecular complexity index is 724. The molecule has 0 bridgehead atoms. The van der Waals surface area contributed by atoms with Crippen LogP contribution in [0.25, 0.3) is 5.69 Å². The van der Waals surface area contributed by atoms with Gasteiger partial charge in [-0.2, -0.15) is 0 Å². The zero-order valence-corrected chi connectivity index (χ0v) is 13.9. The van der Waals surface area contributed by atoms with Gasteiger partial charge in [0.2, 0.25) is 11.8 Å². The van der Waals surface area contributed by atoms with Crippen molar-refractivity contribution in [3.63, 3.8) is 0 Å². The number of amides is 2. The molecule has 0 N–H and O–H groups in total. The maximum absolute atomic E-state index is 12.7. The van der Waals surface area contributed by atoms with Crippen LogP contribution in [0.15, 0.2) is 48.8 Å². The van der Waals surface area contributed by atoms with Crippen molar-refractivity contribution in [3.05, 3.63) is 54.4 Å². The average molecular weight is 322 g/mol. The lowest BCUT2D eigenvalue weighted by Gasteiger charge is -2.23. The second-order valence-corrected chi connectivity index (χ2v) is 6.90. The molecule has 2 fully saturated rings. The van der Waals surface area contributed by atoms with Gasteiger partial charge in [-0.15, -0.1) is 0 Å². The van der Waals surface area contributed by atoms with Crippen molar-refractivity contribution in [2.75, 3.05) is 0 Å². The fourth-order valence-electron chi connectivity index (χ4n) is 4.15. The molecule has 1 aromatic heterocycles. The second kappa shape index (κ2) is 5.93. The van der Waals surface area contributed by atoms with Crippen molar-refractivity contribution < 1.29 is 9.59 Å². The van der Waals surface area contributed by atoms with Gasteiger partial charge in [-0.25, -0.2) is 0 Å². The summed E-state index contributed by atoms with van der Waals surface area (Å²) in [6, 6.07) is 11.9. The highest BCUT2D eigenvalue weighted by molar-refractivity contribution is 6.05. The van der Waals surface area contributed by atoms with E-state index in [2.05, 4.69) is 0 Å². The number of nitrogens with zero attached hydrogens (tertiary/aromatic N) is 2. The van der Waals surface area contributed by atoms with Crippen molar-refractivity contribution in [2.45, 2.75) is 38.6 Å². The van der Waals surface area contributed by atoms with Crippen LogP contribution in [0.5, 0.6) is 0 Å². The molecule has 1 saturated heterocycles. The highest BCUT2D eigenvalue weighted by Gasteiger charge is 2.49. The number of rotatable bonds is 3. The molecule has 124 valence electrons. The molecular formula is C20H22N2O2. The Morgan fingerprint density at radius 2 is 1.46 bits per heavy atom. The van der Waals surface area contributed by atoms with E-state index in [9.17, 15) is 9.59 Å². The monoisotopic (exact) mass is 322 g/mol. The highest BCUT2D eigenvalue weighted by atomic mass is 16.2. The molecule has 24 heavy (non-hydrogen) atoms. The van der Waals surface area contributed by atoms with Crippen LogP contribution in [0.4, 0.5) is 0 Å². The maximum Gasteiger partial charge on any atom is 0.233 e. The number of carbonyl (C=O) groups excluding carboxylic acids is 2. The fourth-order valence-corrected chi connectivity index (χ4v) is 4.15. The van der Waals surface area contributed by atoms with Crippen molar-refractivity contribution in [1.29, 1.82) is 0 Å². The Hall–Kier alpha value is -2.36. The minimum Gasteiger partial charge on any atom is -0.324 e. The van der Waals surface area contributed by atoms with E-state index in [0.717, 1.165) is 36.9 Å². The second-order valence-electron chi connectivity index (χ2n) is 6.90. The summed E-state index contributed by atoms with van der Waals surface area (Å²) >= 11 is 0. The van der Waals surface area contributed by atoms with Gasteiger partial charge in [-0.3, -0.25) is 14.5 Å². The van der Waals surface area contributed by atoms with Gasteiger partial charge in [0.25, 0.3) is 0 Å². The fraction of sp³-hybridized carbons (Fsp3) is 0.400. The molecule has 1 aromatic carbocycles. The predicted octanol–water partition coefficient (Wildman–Crippen LogP) is 3.71. The Kier molecular flexibility index (Phi) is 3.75. The summed E-state index contributed by atoms with van der Waals surface area (Å²) in [6.45, 7) is 1.96. The van der Waals surface area contributed by atoms with Crippen molar-refractivity contribution in [1.82, 2.24) is 9.47 Å². The van der Waals surface area contributed by atoms with Crippen LogP contribution >= 0.6 is 0 Å². The van der Waals surface area contributed by atoms with E-state index in [4.69, 9.17) is 0 Å². The number of benzene rings is 1. The van der Waals surface area contributed by atoms with E-state index in [1.165, 1.54) is 4.90 Å². The summed E-state index contributed by atoms with van der Waals surface area (Å²) in [7, 11) is 0. The van der Waals surface area contributed by atoms with E-state index in [0.29, 0.717) is 0 Å². The molecule has 0 unspecified atom stereocenters. The largest absolute Gasteiger partial charge is 0.324 e. The molecule has 4 rings (SSSR count). The molecule has 1 aliphatic carbocycles. The summed E-state index contributed by atoms with van der Waals surface area (Å²) in [4.78, 5) is 27.0. The molecule has 2 aromatic rings. The number of hydrogen-bond acceptors (Lipinski definition) is 2. The Balaban J connectivity index is 1.58. The summed E-state index contributed by atoms with van der Waals surface area (Å²) in [5.41, 5.74) is 2.08. The molecule has 1 aliphatic heterocycles. The summed E-state index contributed by atoms with van der Waals surface area (Å²) in [6.07, 6.45) is 7.85. The normalized spacial score (nSPS) is 25.0. The van der Waals surface area contributed by atoms with Gasteiger partial charge in [-0.1, -0.05) is 25.0 Å². The molecule has 2 heterocycles. The lowest BCUT2D eigenvalue weighted by atomic mass is 9.81. The van der Waals surface area contributed by atoms with Gasteiger partial charge < -0.3 is 4.57 Å². The number of hydrogen-bond donors (Lipinski definition) is 0. The molecule has 1 saturated carbocycles. The van der Waals surface area contributed by atoms with Crippen LogP contribution in [-0.4, -0.2) is 21.3 Å². The van der Waals surface area contributed by atoms with E-state index < -0.39 is 0 Å². The smallest absolute Gasteiger partial charge is 0.233 e. The molecule has 4 heteroatoms. The van der Waals surface area contributed by atoms with Crippen LogP contribution in [0.3, 0.4) is 0 Å². The standard InChI is InChI=1S/C20H22N2O2/c1-14(15-8-10-16(11-9-15)21-12-4-5-13-21)22-19(23)17-6-2-3-7-18(17)20(22)24/h4-5,8-14,17-18H,2-3,6-7H2,1H3/t14-,17-,18+/m1/s1. The zero-order valence-electron chi connectivity index (χ0n) is 13.9. The summed E-state index contributed by atoms with van der Waals surface area (Å²) < 4.78 is 2.04. The SMILES string of the molecule is C[C@H](c1ccc(-n2cccc2)cc1)N1C(=O)[C@H]2CCCC[C@H]2C1=O. The molecule has 0 radical (unpaired) electrons. The lowest BCUT2D eigenvalue weighted by molar-refractivity contribution is -0.142. The van der Waals surface area contributed by atoms with Gasteiger partial charge in [0.15, 0.2) is 0 Å². The van der Waals surface area contributed by atoms with Crippen molar-refractivity contribution in [3.8, 4) is 5.69 Å². The maximum atomic E-state index is 12.7. The third kappa shape index (κ3) is 2.37. The number of aromatic nitrogens is 1. The highest BCUT2D eigenvalue weighted by Crippen LogP contribution is 2.41. The summed E-state index contributed by atoms with van der Waals surface area (Å²) in [5, 5.41) is 0. The van der Waals surface area contributed by atoms with E-state index in [1.54, 1.807) is 0 Å². The molecule has 0 spiro atoms. The molecular weight excluding hydrogens is 300 g/mol. The minimum absolute atomic E-state index is 0.0340. The first-order valence-electron chi connectivity index (χ1n) is 8.77. The van der Waals surface area contributed by atoms with Gasteiger partial charge in [0.05, 0.1) is 17.9 Å². The first-order chi connectivity index (χ1) is 11.7. The topological polar surface area (TPSA) is 42.3 Å². The first kappa shape index (κ1) is 15.2. The Morgan fingerprint density at radius 1 is 0.917 bits per heavy atom. The Morgan fingerprint density at radius 3 is 2.00 bits per heavy atom. The third-order valence-corrected chi connectivity index (χ3v) is 5.54. The van der Waals surface area contributed by atoms with E-state index >= 15 is 0 Å². The molecule has 3 atom stereocenters. The minimum atomic E-state index is -0.200. The van der Waals surface area contributed by atoms with Crippen LogP contribution < -0.4 is 0 Å². The van der Waals surface area contributed by atoms with Gasteiger partial charge >= 0.3 is 0 Å². The van der Waals surface area contributed by atoms with Crippen LogP contribution in [0, 0.1) is 11.8 Å². The van der Waals surface area contributed by atoms with Gasteiger partial charge in [0.1, 0.15) is 0 Å². The Labute approximate surface area is 142 Å². The van der Waals surface area contributed by atoms with Crippen LogP contribution in [-0.2, 0) is 9.59 Å². The summed E-state index contributed by atoms with van der Waals surface area (Å²) in [5.74, 6) is -0.0842. The van der Waals surface area contributed by atoms with Gasteiger partial charge in [-0.05, 0) is 49.6 Å². The van der Waals surface area contributed by atoms with Crippen molar-refractivity contribution >= 4 is 11.8 Å². The predicted molar refractivity (Wildman–Crippen MR) is 91.5 cm³/mol. The van der Waals surface area contributed by atoms with Crippen LogP contribution in [0.2, 0.25) is 0 Å². The quantitative estimate of drug-likeness (QED) is 0.808.